The minimum Gasteiger partial charge on any atom is -0.469 e. The van der Waals surface area contributed by atoms with Crippen molar-refractivity contribution < 1.29 is 4.42 Å². The van der Waals surface area contributed by atoms with Crippen molar-refractivity contribution in [2.75, 3.05) is 13.1 Å². The lowest BCUT2D eigenvalue weighted by molar-refractivity contribution is 0.215. The van der Waals surface area contributed by atoms with Crippen LogP contribution in [0.25, 0.3) is 0 Å². The zero-order chi connectivity index (χ0) is 12.9. The molecule has 0 spiro atoms. The molecule has 1 aliphatic carbocycles. The number of rotatable bonds is 5. The molecule has 19 heavy (non-hydrogen) atoms. The molecule has 2 N–H and O–H groups in total. The number of furan rings is 1. The van der Waals surface area contributed by atoms with Crippen molar-refractivity contribution >= 4 is 0 Å². The molecule has 2 heterocycles. The standard InChI is InChI=1S/C16H26N2O/c1-2-7-15(14(6-1)16-8-3-10-17-16)18-11-9-13-5-4-12-19-13/h4-5,12,14-18H,1-3,6-11H2. The molecule has 0 bridgehead atoms. The van der Waals surface area contributed by atoms with Gasteiger partial charge >= 0.3 is 0 Å². The summed E-state index contributed by atoms with van der Waals surface area (Å²) in [6.07, 6.45) is 11.1. The van der Waals surface area contributed by atoms with Crippen LogP contribution in [-0.4, -0.2) is 25.2 Å². The maximum atomic E-state index is 5.40. The second-order valence-corrected chi connectivity index (χ2v) is 6.04. The third-order valence-corrected chi connectivity index (χ3v) is 4.79. The molecule has 0 amide bonds. The Hall–Kier alpha value is -0.800. The Balaban J connectivity index is 1.49. The summed E-state index contributed by atoms with van der Waals surface area (Å²) in [6, 6.07) is 5.51. The highest BCUT2D eigenvalue weighted by molar-refractivity contribution is 4.99. The van der Waals surface area contributed by atoms with Gasteiger partial charge in [0.2, 0.25) is 0 Å². The molecule has 1 aliphatic heterocycles. The first-order chi connectivity index (χ1) is 9.43. The van der Waals surface area contributed by atoms with E-state index in [1.165, 1.54) is 45.1 Å². The molecular weight excluding hydrogens is 236 g/mol. The highest BCUT2D eigenvalue weighted by Gasteiger charge is 2.32. The van der Waals surface area contributed by atoms with Crippen LogP contribution in [0, 0.1) is 5.92 Å². The molecule has 1 aromatic rings. The maximum absolute atomic E-state index is 5.40. The minimum absolute atomic E-state index is 0.708. The SMILES string of the molecule is c1coc(CCNC2CCCCC2C2CCCN2)c1. The molecule has 0 aromatic carbocycles. The molecule has 3 heteroatoms. The largest absolute Gasteiger partial charge is 0.469 e. The van der Waals surface area contributed by atoms with Gasteiger partial charge in [0, 0.05) is 25.0 Å². The normalized spacial score (nSPS) is 31.7. The van der Waals surface area contributed by atoms with Crippen molar-refractivity contribution in [3.63, 3.8) is 0 Å². The average Bonchev–Trinajstić information content (AvgIpc) is 3.12. The predicted molar refractivity (Wildman–Crippen MR) is 77.2 cm³/mol. The molecule has 3 nitrogen and oxygen atoms in total. The zero-order valence-electron chi connectivity index (χ0n) is 11.7. The molecular formula is C16H26N2O. The van der Waals surface area contributed by atoms with Crippen molar-refractivity contribution in [2.24, 2.45) is 5.92 Å². The highest BCUT2D eigenvalue weighted by Crippen LogP contribution is 2.30. The Bertz CT molecular complexity index is 357. The van der Waals surface area contributed by atoms with Gasteiger partial charge < -0.3 is 15.1 Å². The molecule has 2 aliphatic rings. The van der Waals surface area contributed by atoms with E-state index < -0.39 is 0 Å². The van der Waals surface area contributed by atoms with Crippen LogP contribution in [-0.2, 0) is 6.42 Å². The van der Waals surface area contributed by atoms with Gasteiger partial charge in [-0.05, 0) is 50.3 Å². The van der Waals surface area contributed by atoms with Gasteiger partial charge in [-0.2, -0.15) is 0 Å². The Morgan fingerprint density at radius 3 is 2.95 bits per heavy atom. The van der Waals surface area contributed by atoms with Gasteiger partial charge in [0.15, 0.2) is 0 Å². The van der Waals surface area contributed by atoms with E-state index in [0.29, 0.717) is 6.04 Å². The van der Waals surface area contributed by atoms with Gasteiger partial charge in [-0.1, -0.05) is 12.8 Å². The number of nitrogens with one attached hydrogen (secondary N) is 2. The van der Waals surface area contributed by atoms with Crippen LogP contribution in [0.15, 0.2) is 22.8 Å². The predicted octanol–water partition coefficient (Wildman–Crippen LogP) is 2.72. The fourth-order valence-corrected chi connectivity index (χ4v) is 3.81. The second-order valence-electron chi connectivity index (χ2n) is 6.04. The van der Waals surface area contributed by atoms with E-state index in [1.54, 1.807) is 6.26 Å². The Morgan fingerprint density at radius 1 is 1.21 bits per heavy atom. The van der Waals surface area contributed by atoms with Crippen LogP contribution in [0.4, 0.5) is 0 Å². The van der Waals surface area contributed by atoms with Crippen molar-refractivity contribution in [1.82, 2.24) is 10.6 Å². The van der Waals surface area contributed by atoms with Gasteiger partial charge in [0.05, 0.1) is 6.26 Å². The highest BCUT2D eigenvalue weighted by atomic mass is 16.3. The average molecular weight is 262 g/mol. The monoisotopic (exact) mass is 262 g/mol. The number of hydrogen-bond donors (Lipinski definition) is 2. The van der Waals surface area contributed by atoms with Crippen LogP contribution in [0.3, 0.4) is 0 Å². The second kappa shape index (κ2) is 6.58. The van der Waals surface area contributed by atoms with Crippen molar-refractivity contribution in [2.45, 2.75) is 57.0 Å². The fraction of sp³-hybridized carbons (Fsp3) is 0.750. The summed E-state index contributed by atoms with van der Waals surface area (Å²) in [7, 11) is 0. The molecule has 1 saturated heterocycles. The third-order valence-electron chi connectivity index (χ3n) is 4.79. The minimum atomic E-state index is 0.708. The topological polar surface area (TPSA) is 37.2 Å². The molecule has 1 saturated carbocycles. The van der Waals surface area contributed by atoms with E-state index in [2.05, 4.69) is 16.7 Å². The van der Waals surface area contributed by atoms with Crippen LogP contribution in [0.1, 0.15) is 44.3 Å². The van der Waals surface area contributed by atoms with Gasteiger partial charge in [-0.3, -0.25) is 0 Å². The summed E-state index contributed by atoms with van der Waals surface area (Å²) in [5.74, 6) is 1.94. The molecule has 0 radical (unpaired) electrons. The third kappa shape index (κ3) is 3.40. The summed E-state index contributed by atoms with van der Waals surface area (Å²) in [5.41, 5.74) is 0. The number of hydrogen-bond acceptors (Lipinski definition) is 3. The van der Waals surface area contributed by atoms with E-state index in [4.69, 9.17) is 4.42 Å². The lowest BCUT2D eigenvalue weighted by Crippen LogP contribution is -2.47. The van der Waals surface area contributed by atoms with Gasteiger partial charge in [-0.25, -0.2) is 0 Å². The quantitative estimate of drug-likeness (QED) is 0.857. The Labute approximate surface area is 116 Å². The molecule has 3 unspecified atom stereocenters. The Morgan fingerprint density at radius 2 is 2.16 bits per heavy atom. The fourth-order valence-electron chi connectivity index (χ4n) is 3.81. The summed E-state index contributed by atoms with van der Waals surface area (Å²) in [6.45, 7) is 2.27. The van der Waals surface area contributed by atoms with Crippen molar-refractivity contribution in [3.05, 3.63) is 24.2 Å². The molecule has 2 fully saturated rings. The first-order valence-corrected chi connectivity index (χ1v) is 7.92. The van der Waals surface area contributed by atoms with Crippen LogP contribution < -0.4 is 10.6 Å². The van der Waals surface area contributed by atoms with E-state index in [9.17, 15) is 0 Å². The first-order valence-electron chi connectivity index (χ1n) is 7.92. The first kappa shape index (κ1) is 13.2. The summed E-state index contributed by atoms with van der Waals surface area (Å²) < 4.78 is 5.40. The van der Waals surface area contributed by atoms with E-state index in [-0.39, 0.29) is 0 Å². The van der Waals surface area contributed by atoms with E-state index >= 15 is 0 Å². The van der Waals surface area contributed by atoms with E-state index in [0.717, 1.165) is 30.7 Å². The molecule has 1 aromatic heterocycles. The Kier molecular flexibility index (Phi) is 4.57. The summed E-state index contributed by atoms with van der Waals surface area (Å²) >= 11 is 0. The van der Waals surface area contributed by atoms with Gasteiger partial charge in [0.1, 0.15) is 5.76 Å². The molecule has 3 rings (SSSR count). The molecule has 3 atom stereocenters. The smallest absolute Gasteiger partial charge is 0.105 e. The van der Waals surface area contributed by atoms with Crippen molar-refractivity contribution in [1.29, 1.82) is 0 Å². The van der Waals surface area contributed by atoms with Crippen molar-refractivity contribution in [3.8, 4) is 0 Å². The van der Waals surface area contributed by atoms with E-state index in [1.807, 2.05) is 6.07 Å². The summed E-state index contributed by atoms with van der Waals surface area (Å²) in [4.78, 5) is 0. The van der Waals surface area contributed by atoms with Crippen LogP contribution in [0.2, 0.25) is 0 Å². The van der Waals surface area contributed by atoms with Crippen LogP contribution in [0.5, 0.6) is 0 Å². The van der Waals surface area contributed by atoms with Gasteiger partial charge in [-0.15, -0.1) is 0 Å². The zero-order valence-corrected chi connectivity index (χ0v) is 11.7. The molecule has 106 valence electrons. The maximum Gasteiger partial charge on any atom is 0.105 e. The van der Waals surface area contributed by atoms with Gasteiger partial charge in [0.25, 0.3) is 0 Å². The summed E-state index contributed by atoms with van der Waals surface area (Å²) in [5, 5.41) is 7.49. The lowest BCUT2D eigenvalue weighted by atomic mass is 9.79. The lowest BCUT2D eigenvalue weighted by Gasteiger charge is -2.36. The van der Waals surface area contributed by atoms with Crippen LogP contribution >= 0.6 is 0 Å².